The Hall–Kier alpha value is -2.49. The third kappa shape index (κ3) is 3.28. The van der Waals surface area contributed by atoms with Gasteiger partial charge >= 0.3 is 6.03 Å². The first-order valence-corrected chi connectivity index (χ1v) is 9.83. The predicted molar refractivity (Wildman–Crippen MR) is 89.2 cm³/mol. The molecule has 10 heteroatoms. The molecule has 2 fully saturated rings. The van der Waals surface area contributed by atoms with Crippen LogP contribution in [0.5, 0.6) is 0 Å². The van der Waals surface area contributed by atoms with Gasteiger partial charge in [0.25, 0.3) is 5.91 Å². The van der Waals surface area contributed by atoms with E-state index < -0.39 is 51.6 Å². The quantitative estimate of drug-likeness (QED) is 0.705. The first-order valence-electron chi connectivity index (χ1n) is 8.01. The van der Waals surface area contributed by atoms with Crippen LogP contribution in [0.4, 0.5) is 9.18 Å². The number of benzene rings is 1. The molecule has 2 aliphatic rings. The first kappa shape index (κ1) is 18.3. The summed E-state index contributed by atoms with van der Waals surface area (Å²) >= 11 is 0. The molecule has 8 nitrogen and oxygen atoms in total. The largest absolute Gasteiger partial charge is 0.351 e. The van der Waals surface area contributed by atoms with E-state index in [4.69, 9.17) is 0 Å². The lowest BCUT2D eigenvalue weighted by Crippen LogP contribution is -2.46. The van der Waals surface area contributed by atoms with E-state index in [9.17, 15) is 27.2 Å². The molecule has 4 amide bonds. The lowest BCUT2D eigenvalue weighted by atomic mass is 9.91. The lowest BCUT2D eigenvalue weighted by Gasteiger charge is -2.22. The van der Waals surface area contributed by atoms with Crippen LogP contribution in [0, 0.1) is 5.82 Å². The van der Waals surface area contributed by atoms with Gasteiger partial charge in [0.05, 0.1) is 11.5 Å². The van der Waals surface area contributed by atoms with Crippen LogP contribution in [-0.4, -0.2) is 55.3 Å². The van der Waals surface area contributed by atoms with Gasteiger partial charge in [0.15, 0.2) is 9.84 Å². The molecular formula is C16H18FN3O5S. The number of sulfone groups is 1. The molecular weight excluding hydrogens is 365 g/mol. The number of amides is 4. The molecule has 0 saturated carbocycles. The van der Waals surface area contributed by atoms with E-state index in [2.05, 4.69) is 10.6 Å². The van der Waals surface area contributed by atoms with Crippen molar-refractivity contribution < 1.29 is 27.2 Å². The summed E-state index contributed by atoms with van der Waals surface area (Å²) in [6.45, 7) is 0.804. The van der Waals surface area contributed by atoms with E-state index in [-0.39, 0.29) is 17.1 Å². The van der Waals surface area contributed by atoms with Crippen molar-refractivity contribution in [1.29, 1.82) is 0 Å². The van der Waals surface area contributed by atoms with Crippen molar-refractivity contribution in [1.82, 2.24) is 15.5 Å². The fourth-order valence-electron chi connectivity index (χ4n) is 3.22. The van der Waals surface area contributed by atoms with Gasteiger partial charge < -0.3 is 10.6 Å². The van der Waals surface area contributed by atoms with E-state index in [1.54, 1.807) is 6.07 Å². The van der Waals surface area contributed by atoms with Gasteiger partial charge in [-0.15, -0.1) is 0 Å². The van der Waals surface area contributed by atoms with E-state index >= 15 is 0 Å². The van der Waals surface area contributed by atoms with E-state index in [0.717, 1.165) is 0 Å². The van der Waals surface area contributed by atoms with E-state index in [0.29, 0.717) is 11.3 Å². The Morgan fingerprint density at radius 1 is 1.38 bits per heavy atom. The van der Waals surface area contributed by atoms with Crippen molar-refractivity contribution in [3.05, 3.63) is 35.6 Å². The highest BCUT2D eigenvalue weighted by atomic mass is 32.2. The van der Waals surface area contributed by atoms with Gasteiger partial charge in [0, 0.05) is 11.6 Å². The Balaban J connectivity index is 1.72. The van der Waals surface area contributed by atoms with E-state index in [1.807, 2.05) is 0 Å². The number of urea groups is 1. The second kappa shape index (κ2) is 6.35. The Morgan fingerprint density at radius 3 is 2.69 bits per heavy atom. The summed E-state index contributed by atoms with van der Waals surface area (Å²) in [6, 6.07) is 4.22. The maximum Gasteiger partial charge on any atom is 0.325 e. The molecule has 0 aliphatic carbocycles. The fourth-order valence-corrected chi connectivity index (χ4v) is 4.89. The first-order chi connectivity index (χ1) is 12.1. The van der Waals surface area contributed by atoms with Crippen molar-refractivity contribution in [2.24, 2.45) is 0 Å². The smallest absolute Gasteiger partial charge is 0.325 e. The molecule has 2 aliphatic heterocycles. The summed E-state index contributed by atoms with van der Waals surface area (Å²) in [5, 5.41) is 4.94. The van der Waals surface area contributed by atoms with Crippen LogP contribution in [0.3, 0.4) is 0 Å². The minimum absolute atomic E-state index is 0.00291. The number of hydrogen-bond acceptors (Lipinski definition) is 5. The molecule has 0 radical (unpaired) electrons. The minimum Gasteiger partial charge on any atom is -0.351 e. The second-order valence-corrected chi connectivity index (χ2v) is 8.82. The van der Waals surface area contributed by atoms with E-state index in [1.165, 1.54) is 25.1 Å². The van der Waals surface area contributed by atoms with Crippen LogP contribution in [0.1, 0.15) is 18.9 Å². The zero-order valence-corrected chi connectivity index (χ0v) is 14.8. The highest BCUT2D eigenvalue weighted by molar-refractivity contribution is 7.91. The zero-order chi connectivity index (χ0) is 19.1. The summed E-state index contributed by atoms with van der Waals surface area (Å²) in [6.07, 6.45) is 0.293. The zero-order valence-electron chi connectivity index (χ0n) is 14.0. The van der Waals surface area contributed by atoms with Gasteiger partial charge in [-0.2, -0.15) is 0 Å². The summed E-state index contributed by atoms with van der Waals surface area (Å²) in [5.74, 6) is -2.21. The number of carbonyl (C=O) groups is 3. The van der Waals surface area contributed by atoms with Gasteiger partial charge in [-0.3, -0.25) is 14.5 Å². The normalized spacial score (nSPS) is 27.5. The fraction of sp³-hybridized carbons (Fsp3) is 0.438. The Bertz CT molecular complexity index is 888. The van der Waals surface area contributed by atoms with Gasteiger partial charge in [0.1, 0.15) is 17.9 Å². The number of rotatable bonds is 4. The Labute approximate surface area is 149 Å². The molecule has 0 spiro atoms. The molecule has 2 atom stereocenters. The molecule has 1 aromatic rings. The number of nitrogens with zero attached hydrogens (tertiary/aromatic N) is 1. The lowest BCUT2D eigenvalue weighted by molar-refractivity contribution is -0.135. The van der Waals surface area contributed by atoms with Crippen LogP contribution in [0.25, 0.3) is 0 Å². The van der Waals surface area contributed by atoms with Gasteiger partial charge in [-0.1, -0.05) is 18.2 Å². The summed E-state index contributed by atoms with van der Waals surface area (Å²) in [5.41, 5.74) is -1.61. The van der Waals surface area contributed by atoms with Gasteiger partial charge in [-0.05, 0) is 19.4 Å². The number of hydrogen-bond donors (Lipinski definition) is 2. The Morgan fingerprint density at radius 2 is 2.08 bits per heavy atom. The molecule has 2 N–H and O–H groups in total. The number of imide groups is 1. The molecule has 140 valence electrons. The predicted octanol–water partition coefficient (Wildman–Crippen LogP) is -0.104. The molecule has 2 heterocycles. The third-order valence-electron chi connectivity index (χ3n) is 4.59. The maximum atomic E-state index is 14.1. The molecule has 2 saturated heterocycles. The van der Waals surface area contributed by atoms with Gasteiger partial charge in [0.2, 0.25) is 5.91 Å². The summed E-state index contributed by atoms with van der Waals surface area (Å²) in [4.78, 5) is 37.6. The number of nitrogens with one attached hydrogen (secondary N) is 2. The average molecular weight is 383 g/mol. The molecule has 26 heavy (non-hydrogen) atoms. The Kier molecular flexibility index (Phi) is 4.47. The second-order valence-electron chi connectivity index (χ2n) is 6.59. The standard InChI is InChI=1S/C16H18FN3O5S/c1-16(11-4-2-3-5-12(11)17)14(22)20(15(23)19-16)8-13(21)18-10-6-7-26(24,25)9-10/h2-5,10H,6-9H2,1H3,(H,18,21)(H,19,23). The van der Waals surface area contributed by atoms with Crippen LogP contribution in [-0.2, 0) is 25.0 Å². The highest BCUT2D eigenvalue weighted by Crippen LogP contribution is 2.30. The number of carbonyl (C=O) groups excluding carboxylic acids is 3. The van der Waals surface area contributed by atoms with Crippen LogP contribution >= 0.6 is 0 Å². The molecule has 1 aromatic carbocycles. The molecule has 2 unspecified atom stereocenters. The molecule has 3 rings (SSSR count). The minimum atomic E-state index is -3.17. The van der Waals surface area contributed by atoms with Crippen LogP contribution in [0.15, 0.2) is 24.3 Å². The van der Waals surface area contributed by atoms with Crippen molar-refractivity contribution in [2.45, 2.75) is 24.9 Å². The molecule has 0 aromatic heterocycles. The monoisotopic (exact) mass is 383 g/mol. The van der Waals surface area contributed by atoms with Crippen molar-refractivity contribution in [3.8, 4) is 0 Å². The summed E-state index contributed by atoms with van der Waals surface area (Å²) < 4.78 is 36.9. The van der Waals surface area contributed by atoms with Crippen LogP contribution < -0.4 is 10.6 Å². The van der Waals surface area contributed by atoms with Crippen molar-refractivity contribution in [2.75, 3.05) is 18.1 Å². The number of halogens is 1. The van der Waals surface area contributed by atoms with Crippen molar-refractivity contribution >= 4 is 27.7 Å². The third-order valence-corrected chi connectivity index (χ3v) is 6.35. The highest BCUT2D eigenvalue weighted by Gasteiger charge is 2.50. The average Bonchev–Trinajstić information content (AvgIpc) is 2.99. The van der Waals surface area contributed by atoms with Crippen LogP contribution in [0.2, 0.25) is 0 Å². The maximum absolute atomic E-state index is 14.1. The summed E-state index contributed by atoms with van der Waals surface area (Å²) in [7, 11) is -3.17. The topological polar surface area (TPSA) is 113 Å². The van der Waals surface area contributed by atoms with Crippen molar-refractivity contribution in [3.63, 3.8) is 0 Å². The SMILES string of the molecule is CC1(c2ccccc2F)NC(=O)N(CC(=O)NC2CCS(=O)(=O)C2)C1=O. The molecule has 0 bridgehead atoms. The van der Waals surface area contributed by atoms with Gasteiger partial charge in [-0.25, -0.2) is 17.6 Å².